The van der Waals surface area contributed by atoms with Gasteiger partial charge in [-0.15, -0.1) is 0 Å². The molecule has 2 N–H and O–H groups in total. The number of nitrogens with zero attached hydrogens (tertiary/aromatic N) is 3. The van der Waals surface area contributed by atoms with Gasteiger partial charge in [-0.1, -0.05) is 6.07 Å². The third kappa shape index (κ3) is 2.84. The standard InChI is InChI=1S/C15H20N4O/c16-11-14-13(4-10-20-14)12-18-6-8-19(9-7-18)15-3-1-2-5-17-15/h1-5,10H,6-9,11-12,16H2. The Hall–Kier alpha value is -1.85. The molecule has 0 amide bonds. The molecule has 1 fully saturated rings. The predicted molar refractivity (Wildman–Crippen MR) is 78.3 cm³/mol. The minimum atomic E-state index is 0.468. The van der Waals surface area contributed by atoms with Crippen molar-refractivity contribution >= 4 is 5.82 Å². The van der Waals surface area contributed by atoms with Gasteiger partial charge in [0.15, 0.2) is 0 Å². The second-order valence-electron chi connectivity index (χ2n) is 5.02. The van der Waals surface area contributed by atoms with Crippen molar-refractivity contribution in [1.82, 2.24) is 9.88 Å². The smallest absolute Gasteiger partial charge is 0.128 e. The molecule has 0 radical (unpaired) electrons. The topological polar surface area (TPSA) is 58.5 Å². The van der Waals surface area contributed by atoms with Crippen molar-refractivity contribution in [2.24, 2.45) is 5.73 Å². The van der Waals surface area contributed by atoms with Crippen LogP contribution in [0.5, 0.6) is 0 Å². The van der Waals surface area contributed by atoms with Gasteiger partial charge in [0, 0.05) is 44.5 Å². The van der Waals surface area contributed by atoms with Crippen molar-refractivity contribution < 1.29 is 4.42 Å². The molecule has 0 atom stereocenters. The van der Waals surface area contributed by atoms with Gasteiger partial charge in [0.1, 0.15) is 11.6 Å². The largest absolute Gasteiger partial charge is 0.468 e. The molecule has 1 saturated heterocycles. The maximum atomic E-state index is 5.67. The molecular formula is C15H20N4O. The minimum Gasteiger partial charge on any atom is -0.468 e. The van der Waals surface area contributed by atoms with Crippen LogP contribution in [0.2, 0.25) is 0 Å². The van der Waals surface area contributed by atoms with Gasteiger partial charge in [0.25, 0.3) is 0 Å². The van der Waals surface area contributed by atoms with E-state index in [1.807, 2.05) is 24.4 Å². The maximum absolute atomic E-state index is 5.67. The van der Waals surface area contributed by atoms with Gasteiger partial charge in [-0.3, -0.25) is 4.90 Å². The summed E-state index contributed by atoms with van der Waals surface area (Å²) >= 11 is 0. The van der Waals surface area contributed by atoms with Crippen molar-refractivity contribution in [2.75, 3.05) is 31.1 Å². The summed E-state index contributed by atoms with van der Waals surface area (Å²) in [5, 5.41) is 0. The lowest BCUT2D eigenvalue weighted by Gasteiger charge is -2.35. The molecule has 5 nitrogen and oxygen atoms in total. The summed E-state index contributed by atoms with van der Waals surface area (Å²) in [6.45, 7) is 5.46. The van der Waals surface area contributed by atoms with E-state index in [4.69, 9.17) is 10.2 Å². The summed E-state index contributed by atoms with van der Waals surface area (Å²) < 4.78 is 5.37. The number of hydrogen-bond donors (Lipinski definition) is 1. The summed E-state index contributed by atoms with van der Waals surface area (Å²) in [5.41, 5.74) is 6.88. The molecule has 0 aromatic carbocycles. The molecule has 1 aliphatic rings. The van der Waals surface area contributed by atoms with E-state index in [-0.39, 0.29) is 0 Å². The fraction of sp³-hybridized carbons (Fsp3) is 0.400. The van der Waals surface area contributed by atoms with Crippen molar-refractivity contribution in [1.29, 1.82) is 0 Å². The number of anilines is 1. The average Bonchev–Trinajstić information content (AvgIpc) is 2.96. The van der Waals surface area contributed by atoms with Crippen LogP contribution in [0.25, 0.3) is 0 Å². The molecule has 2 aromatic rings. The van der Waals surface area contributed by atoms with Gasteiger partial charge in [-0.05, 0) is 18.2 Å². The first-order chi connectivity index (χ1) is 9.86. The Morgan fingerprint density at radius 1 is 1.15 bits per heavy atom. The second kappa shape index (κ2) is 6.07. The van der Waals surface area contributed by atoms with Crippen LogP contribution in [0, 0.1) is 0 Å². The van der Waals surface area contributed by atoms with Crippen LogP contribution >= 0.6 is 0 Å². The van der Waals surface area contributed by atoms with Gasteiger partial charge < -0.3 is 15.1 Å². The summed E-state index contributed by atoms with van der Waals surface area (Å²) in [7, 11) is 0. The molecule has 0 spiro atoms. The SMILES string of the molecule is NCc1occc1CN1CCN(c2ccccn2)CC1. The lowest BCUT2D eigenvalue weighted by molar-refractivity contribution is 0.247. The lowest BCUT2D eigenvalue weighted by Crippen LogP contribution is -2.46. The first-order valence-corrected chi connectivity index (χ1v) is 7.00. The van der Waals surface area contributed by atoms with Crippen molar-refractivity contribution in [3.63, 3.8) is 0 Å². The van der Waals surface area contributed by atoms with Crippen LogP contribution in [0.1, 0.15) is 11.3 Å². The van der Waals surface area contributed by atoms with Crippen LogP contribution in [0.4, 0.5) is 5.82 Å². The Bertz CT molecular complexity index is 532. The molecule has 0 aliphatic carbocycles. The van der Waals surface area contributed by atoms with Gasteiger partial charge in [0.2, 0.25) is 0 Å². The van der Waals surface area contributed by atoms with Crippen LogP contribution in [-0.4, -0.2) is 36.1 Å². The molecule has 2 aromatic heterocycles. The highest BCUT2D eigenvalue weighted by Gasteiger charge is 2.19. The van der Waals surface area contributed by atoms with Crippen LogP contribution in [0.15, 0.2) is 41.1 Å². The van der Waals surface area contributed by atoms with Gasteiger partial charge in [0.05, 0.1) is 12.8 Å². The Morgan fingerprint density at radius 3 is 2.70 bits per heavy atom. The molecular weight excluding hydrogens is 252 g/mol. The van der Waals surface area contributed by atoms with E-state index >= 15 is 0 Å². The molecule has 3 heterocycles. The zero-order chi connectivity index (χ0) is 13.8. The minimum absolute atomic E-state index is 0.468. The first kappa shape index (κ1) is 13.1. The third-order valence-corrected chi connectivity index (χ3v) is 3.76. The molecule has 0 unspecified atom stereocenters. The van der Waals surface area contributed by atoms with E-state index in [2.05, 4.69) is 20.9 Å². The van der Waals surface area contributed by atoms with Crippen LogP contribution in [0.3, 0.4) is 0 Å². The molecule has 0 saturated carbocycles. The zero-order valence-electron chi connectivity index (χ0n) is 11.5. The van der Waals surface area contributed by atoms with Crippen molar-refractivity contribution in [2.45, 2.75) is 13.1 Å². The van der Waals surface area contributed by atoms with Gasteiger partial charge in [-0.25, -0.2) is 4.98 Å². The van der Waals surface area contributed by atoms with E-state index in [9.17, 15) is 0 Å². The summed E-state index contributed by atoms with van der Waals surface area (Å²) in [4.78, 5) is 9.17. The first-order valence-electron chi connectivity index (χ1n) is 7.00. The molecule has 3 rings (SSSR count). The Labute approximate surface area is 119 Å². The lowest BCUT2D eigenvalue weighted by atomic mass is 10.2. The Kier molecular flexibility index (Phi) is 3.99. The zero-order valence-corrected chi connectivity index (χ0v) is 11.5. The summed E-state index contributed by atoms with van der Waals surface area (Å²) in [6.07, 6.45) is 3.57. The van der Waals surface area contributed by atoms with Crippen molar-refractivity contribution in [3.8, 4) is 0 Å². The monoisotopic (exact) mass is 272 g/mol. The van der Waals surface area contributed by atoms with E-state index in [1.54, 1.807) is 6.26 Å². The number of aromatic nitrogens is 1. The average molecular weight is 272 g/mol. The quantitative estimate of drug-likeness (QED) is 0.913. The Balaban J connectivity index is 1.56. The van der Waals surface area contributed by atoms with E-state index in [0.717, 1.165) is 44.3 Å². The summed E-state index contributed by atoms with van der Waals surface area (Å²) in [5.74, 6) is 1.97. The van der Waals surface area contributed by atoms with Crippen molar-refractivity contribution in [3.05, 3.63) is 48.0 Å². The predicted octanol–water partition coefficient (Wildman–Crippen LogP) is 1.46. The van der Waals surface area contributed by atoms with E-state index in [0.29, 0.717) is 6.54 Å². The normalized spacial score (nSPS) is 16.6. The second-order valence-corrected chi connectivity index (χ2v) is 5.02. The third-order valence-electron chi connectivity index (χ3n) is 3.76. The van der Waals surface area contributed by atoms with Gasteiger partial charge in [-0.2, -0.15) is 0 Å². The van der Waals surface area contributed by atoms with E-state index in [1.165, 1.54) is 5.56 Å². The summed E-state index contributed by atoms with van der Waals surface area (Å²) in [6, 6.07) is 8.08. The number of hydrogen-bond acceptors (Lipinski definition) is 5. The molecule has 106 valence electrons. The van der Waals surface area contributed by atoms with Gasteiger partial charge >= 0.3 is 0 Å². The van der Waals surface area contributed by atoms with E-state index < -0.39 is 0 Å². The highest BCUT2D eigenvalue weighted by atomic mass is 16.3. The number of nitrogens with two attached hydrogens (primary N) is 1. The highest BCUT2D eigenvalue weighted by molar-refractivity contribution is 5.38. The van der Waals surface area contributed by atoms with Crippen LogP contribution < -0.4 is 10.6 Å². The fourth-order valence-electron chi connectivity index (χ4n) is 2.60. The molecule has 20 heavy (non-hydrogen) atoms. The molecule has 5 heteroatoms. The number of rotatable bonds is 4. The number of pyridine rings is 1. The number of furan rings is 1. The maximum Gasteiger partial charge on any atom is 0.128 e. The highest BCUT2D eigenvalue weighted by Crippen LogP contribution is 2.16. The molecule has 1 aliphatic heterocycles. The number of piperazine rings is 1. The Morgan fingerprint density at radius 2 is 2.00 bits per heavy atom. The van der Waals surface area contributed by atoms with Crippen LogP contribution in [-0.2, 0) is 13.1 Å². The molecule has 0 bridgehead atoms. The fourth-order valence-corrected chi connectivity index (χ4v) is 2.60.